The zero-order valence-corrected chi connectivity index (χ0v) is 8.74. The number of aliphatic hydroxyl groups is 1. The zero-order chi connectivity index (χ0) is 11.0. The molecule has 16 heavy (non-hydrogen) atoms. The van der Waals surface area contributed by atoms with Crippen molar-refractivity contribution in [2.24, 2.45) is 0 Å². The molecule has 1 unspecified atom stereocenters. The van der Waals surface area contributed by atoms with Crippen molar-refractivity contribution in [3.05, 3.63) is 30.4 Å². The number of nitrogens with zero attached hydrogens (tertiary/aromatic N) is 4. The van der Waals surface area contributed by atoms with Crippen LogP contribution in [0.5, 0.6) is 0 Å². The van der Waals surface area contributed by atoms with Crippen molar-refractivity contribution < 1.29 is 5.11 Å². The molecule has 5 heteroatoms. The maximum absolute atomic E-state index is 9.53. The van der Waals surface area contributed by atoms with Crippen LogP contribution in [0.3, 0.4) is 0 Å². The minimum Gasteiger partial charge on any atom is -0.391 e. The predicted octanol–water partition coefficient (Wildman–Crippen LogP) is 0.647. The van der Waals surface area contributed by atoms with Gasteiger partial charge in [-0.1, -0.05) is 0 Å². The lowest BCUT2D eigenvalue weighted by Crippen LogP contribution is -2.25. The molecule has 1 atom stereocenters. The van der Waals surface area contributed by atoms with E-state index in [4.69, 9.17) is 0 Å². The van der Waals surface area contributed by atoms with E-state index < -0.39 is 0 Å². The summed E-state index contributed by atoms with van der Waals surface area (Å²) in [5.74, 6) is 1.64. The molecular formula is C11H12N4O. The van der Waals surface area contributed by atoms with Gasteiger partial charge in [-0.3, -0.25) is 4.98 Å². The average molecular weight is 216 g/mol. The number of aromatic nitrogens is 4. The summed E-state index contributed by atoms with van der Waals surface area (Å²) in [6, 6.07) is 3.80. The molecular weight excluding hydrogens is 204 g/mol. The molecule has 2 aromatic rings. The van der Waals surface area contributed by atoms with Gasteiger partial charge in [-0.05, 0) is 18.6 Å². The van der Waals surface area contributed by atoms with Gasteiger partial charge in [0.25, 0.3) is 0 Å². The van der Waals surface area contributed by atoms with E-state index in [0.717, 1.165) is 24.2 Å². The third kappa shape index (κ3) is 1.59. The van der Waals surface area contributed by atoms with E-state index in [0.29, 0.717) is 12.4 Å². The molecule has 1 N–H and O–H groups in total. The van der Waals surface area contributed by atoms with Crippen LogP contribution >= 0.6 is 0 Å². The van der Waals surface area contributed by atoms with Crippen LogP contribution in [0.25, 0.3) is 11.4 Å². The molecule has 0 fully saturated rings. The van der Waals surface area contributed by atoms with Gasteiger partial charge in [0.05, 0.1) is 12.6 Å². The molecule has 82 valence electrons. The summed E-state index contributed by atoms with van der Waals surface area (Å²) in [5.41, 5.74) is 0.916. The molecule has 0 bridgehead atoms. The molecule has 1 aliphatic heterocycles. The highest BCUT2D eigenvalue weighted by molar-refractivity contribution is 5.52. The Morgan fingerprint density at radius 3 is 3.19 bits per heavy atom. The second-order valence-corrected chi connectivity index (χ2v) is 3.97. The van der Waals surface area contributed by atoms with E-state index in [1.54, 1.807) is 17.1 Å². The third-order valence-corrected chi connectivity index (χ3v) is 2.75. The van der Waals surface area contributed by atoms with Crippen LogP contribution in [-0.4, -0.2) is 31.0 Å². The summed E-state index contributed by atoms with van der Waals surface area (Å²) in [4.78, 5) is 8.50. The SMILES string of the molecule is OC1CCc2nc(-c3cccnc3)nn2C1. The monoisotopic (exact) mass is 216 g/mol. The van der Waals surface area contributed by atoms with Gasteiger partial charge in [0.2, 0.25) is 0 Å². The molecule has 2 aromatic heterocycles. The number of pyridine rings is 1. The summed E-state index contributed by atoms with van der Waals surface area (Å²) in [5, 5.41) is 13.9. The Morgan fingerprint density at radius 1 is 1.44 bits per heavy atom. The lowest BCUT2D eigenvalue weighted by Gasteiger charge is -2.16. The van der Waals surface area contributed by atoms with Crippen LogP contribution in [-0.2, 0) is 13.0 Å². The number of hydrogen-bond donors (Lipinski definition) is 1. The molecule has 0 aromatic carbocycles. The fraction of sp³-hybridized carbons (Fsp3) is 0.364. The van der Waals surface area contributed by atoms with Gasteiger partial charge in [-0.2, -0.15) is 5.10 Å². The first kappa shape index (κ1) is 9.47. The smallest absolute Gasteiger partial charge is 0.182 e. The van der Waals surface area contributed by atoms with Crippen molar-refractivity contribution in [1.29, 1.82) is 0 Å². The highest BCUT2D eigenvalue weighted by Crippen LogP contribution is 2.18. The van der Waals surface area contributed by atoms with Gasteiger partial charge in [0.1, 0.15) is 5.82 Å². The molecule has 1 aliphatic rings. The molecule has 0 saturated carbocycles. The third-order valence-electron chi connectivity index (χ3n) is 2.75. The Balaban J connectivity index is 1.99. The van der Waals surface area contributed by atoms with E-state index in [1.165, 1.54) is 0 Å². The topological polar surface area (TPSA) is 63.8 Å². The Bertz CT molecular complexity index is 494. The first-order chi connectivity index (χ1) is 7.83. The van der Waals surface area contributed by atoms with E-state index >= 15 is 0 Å². The van der Waals surface area contributed by atoms with Crippen molar-refractivity contribution in [1.82, 2.24) is 19.7 Å². The van der Waals surface area contributed by atoms with Crippen LogP contribution in [0.1, 0.15) is 12.2 Å². The van der Waals surface area contributed by atoms with Crippen LogP contribution in [0.15, 0.2) is 24.5 Å². The summed E-state index contributed by atoms with van der Waals surface area (Å²) >= 11 is 0. The molecule has 0 amide bonds. The molecule has 0 spiro atoms. The maximum Gasteiger partial charge on any atom is 0.182 e. The zero-order valence-electron chi connectivity index (χ0n) is 8.74. The van der Waals surface area contributed by atoms with E-state index in [-0.39, 0.29) is 6.10 Å². The normalized spacial score (nSPS) is 19.4. The molecule has 3 heterocycles. The van der Waals surface area contributed by atoms with E-state index in [1.807, 2.05) is 12.1 Å². The highest BCUT2D eigenvalue weighted by atomic mass is 16.3. The van der Waals surface area contributed by atoms with E-state index in [9.17, 15) is 5.11 Å². The summed E-state index contributed by atoms with van der Waals surface area (Å²) in [7, 11) is 0. The van der Waals surface area contributed by atoms with Gasteiger partial charge >= 0.3 is 0 Å². The summed E-state index contributed by atoms with van der Waals surface area (Å²) < 4.78 is 1.79. The fourth-order valence-electron chi connectivity index (χ4n) is 1.91. The largest absolute Gasteiger partial charge is 0.391 e. The number of fused-ring (bicyclic) bond motifs is 1. The standard InChI is InChI=1S/C11H12N4O/c16-9-3-4-10-13-11(14-15(10)7-9)8-2-1-5-12-6-8/h1-2,5-6,9,16H,3-4,7H2. The van der Waals surface area contributed by atoms with Crippen LogP contribution in [0.2, 0.25) is 0 Å². The number of aliphatic hydroxyl groups excluding tert-OH is 1. The molecule has 0 saturated heterocycles. The minimum atomic E-state index is -0.295. The van der Waals surface area contributed by atoms with E-state index in [2.05, 4.69) is 15.1 Å². The van der Waals surface area contributed by atoms with Crippen molar-refractivity contribution in [2.75, 3.05) is 0 Å². The second kappa shape index (κ2) is 3.68. The summed E-state index contributed by atoms with van der Waals surface area (Å²) in [6.07, 6.45) is 4.73. The van der Waals surface area contributed by atoms with Crippen molar-refractivity contribution >= 4 is 0 Å². The first-order valence-corrected chi connectivity index (χ1v) is 5.35. The van der Waals surface area contributed by atoms with Gasteiger partial charge in [-0.15, -0.1) is 0 Å². The fourth-order valence-corrected chi connectivity index (χ4v) is 1.91. The molecule has 0 radical (unpaired) electrons. The number of aryl methyl sites for hydroxylation is 1. The predicted molar refractivity (Wildman–Crippen MR) is 57.6 cm³/mol. The van der Waals surface area contributed by atoms with Gasteiger partial charge in [0.15, 0.2) is 5.82 Å². The van der Waals surface area contributed by atoms with Gasteiger partial charge in [-0.25, -0.2) is 9.67 Å². The highest BCUT2D eigenvalue weighted by Gasteiger charge is 2.20. The van der Waals surface area contributed by atoms with Crippen LogP contribution in [0, 0.1) is 0 Å². The molecule has 3 rings (SSSR count). The van der Waals surface area contributed by atoms with Crippen LogP contribution in [0.4, 0.5) is 0 Å². The molecule has 5 nitrogen and oxygen atoms in total. The average Bonchev–Trinajstić information content (AvgIpc) is 2.73. The molecule has 0 aliphatic carbocycles. The first-order valence-electron chi connectivity index (χ1n) is 5.35. The quantitative estimate of drug-likeness (QED) is 0.760. The Hall–Kier alpha value is -1.75. The summed E-state index contributed by atoms with van der Waals surface area (Å²) in [6.45, 7) is 0.544. The lowest BCUT2D eigenvalue weighted by atomic mass is 10.1. The Morgan fingerprint density at radius 2 is 2.38 bits per heavy atom. The van der Waals surface area contributed by atoms with Crippen LogP contribution < -0.4 is 0 Å². The van der Waals surface area contributed by atoms with Gasteiger partial charge in [0, 0.05) is 24.4 Å². The van der Waals surface area contributed by atoms with Crippen molar-refractivity contribution in [3.63, 3.8) is 0 Å². The number of hydrogen-bond acceptors (Lipinski definition) is 4. The second-order valence-electron chi connectivity index (χ2n) is 3.97. The Labute approximate surface area is 92.8 Å². The van der Waals surface area contributed by atoms with Gasteiger partial charge < -0.3 is 5.11 Å². The van der Waals surface area contributed by atoms with Crippen molar-refractivity contribution in [3.8, 4) is 11.4 Å². The lowest BCUT2D eigenvalue weighted by molar-refractivity contribution is 0.124. The maximum atomic E-state index is 9.53. The Kier molecular flexibility index (Phi) is 2.18. The minimum absolute atomic E-state index is 0.295. The van der Waals surface area contributed by atoms with Crippen molar-refractivity contribution in [2.45, 2.75) is 25.5 Å². The number of rotatable bonds is 1.